The van der Waals surface area contributed by atoms with Gasteiger partial charge in [-0.15, -0.1) is 11.8 Å². The largest absolute Gasteiger partial charge is 0.382 e. The fraction of sp³-hybridized carbons (Fsp3) is 0.455. The average Bonchev–Trinajstić information content (AvgIpc) is 2.74. The fourth-order valence-corrected chi connectivity index (χ4v) is 4.28. The van der Waals surface area contributed by atoms with E-state index in [1.807, 2.05) is 19.9 Å². The van der Waals surface area contributed by atoms with Crippen molar-refractivity contribution in [2.45, 2.75) is 31.5 Å². The van der Waals surface area contributed by atoms with Crippen LogP contribution in [0.1, 0.15) is 28.4 Å². The number of thioether (sulfide) groups is 1. The molecular formula is C22H28FN3O3S. The Labute approximate surface area is 181 Å². The lowest BCUT2D eigenvalue weighted by Crippen LogP contribution is -2.48. The summed E-state index contributed by atoms with van der Waals surface area (Å²) in [6.45, 7) is 6.81. The Kier molecular flexibility index (Phi) is 8.07. The van der Waals surface area contributed by atoms with Gasteiger partial charge in [0.1, 0.15) is 16.7 Å². The molecule has 1 fully saturated rings. The van der Waals surface area contributed by atoms with Crippen LogP contribution in [0.4, 0.5) is 10.2 Å². The number of carbonyl (C=O) groups is 1. The summed E-state index contributed by atoms with van der Waals surface area (Å²) in [6, 6.07) is 8.16. The molecule has 1 aliphatic heterocycles. The lowest BCUT2D eigenvalue weighted by atomic mass is 10.1. The standard InChI is InChI=1S/C22H28FN3O3S/c1-4-30-22-20(21(27)24-12-16-5-7-17(23)8-6-16)15(2)11-19(25-22)26-9-10-29-14-18(26)13-28-3/h5-8,11,18H,4,9-10,12-14H2,1-3H3,(H,24,27)/t18-/m0/s1. The Morgan fingerprint density at radius 1 is 1.40 bits per heavy atom. The van der Waals surface area contributed by atoms with E-state index in [0.717, 1.165) is 29.2 Å². The van der Waals surface area contributed by atoms with E-state index in [2.05, 4.69) is 10.2 Å². The van der Waals surface area contributed by atoms with Gasteiger partial charge >= 0.3 is 0 Å². The molecule has 0 bridgehead atoms. The number of aromatic nitrogens is 1. The number of ether oxygens (including phenoxy) is 2. The second kappa shape index (κ2) is 10.7. The Morgan fingerprint density at radius 3 is 2.87 bits per heavy atom. The minimum Gasteiger partial charge on any atom is -0.382 e. The summed E-state index contributed by atoms with van der Waals surface area (Å²) < 4.78 is 24.0. The number of anilines is 1. The monoisotopic (exact) mass is 433 g/mol. The number of rotatable bonds is 8. The highest BCUT2D eigenvalue weighted by molar-refractivity contribution is 7.99. The molecular weight excluding hydrogens is 405 g/mol. The summed E-state index contributed by atoms with van der Waals surface area (Å²) in [5.41, 5.74) is 2.30. The van der Waals surface area contributed by atoms with E-state index in [1.54, 1.807) is 31.0 Å². The number of hydrogen-bond donors (Lipinski definition) is 1. The van der Waals surface area contributed by atoms with E-state index in [0.29, 0.717) is 37.0 Å². The minimum atomic E-state index is -0.294. The number of aryl methyl sites for hydroxylation is 1. The first-order valence-corrected chi connectivity index (χ1v) is 11.0. The smallest absolute Gasteiger partial charge is 0.254 e. The molecule has 0 aliphatic carbocycles. The molecule has 0 unspecified atom stereocenters. The van der Waals surface area contributed by atoms with Gasteiger partial charge in [-0.3, -0.25) is 4.79 Å². The number of amides is 1. The maximum absolute atomic E-state index is 13.1. The first-order chi connectivity index (χ1) is 14.5. The van der Waals surface area contributed by atoms with Crippen molar-refractivity contribution in [3.8, 4) is 0 Å². The molecule has 2 aromatic rings. The van der Waals surface area contributed by atoms with Crippen LogP contribution in [-0.4, -0.2) is 56.2 Å². The van der Waals surface area contributed by atoms with Gasteiger partial charge in [0.25, 0.3) is 5.91 Å². The topological polar surface area (TPSA) is 63.7 Å². The van der Waals surface area contributed by atoms with Gasteiger partial charge in [0.15, 0.2) is 0 Å². The fourth-order valence-electron chi connectivity index (χ4n) is 3.45. The second-order valence-corrected chi connectivity index (χ2v) is 8.35. The molecule has 6 nitrogen and oxygen atoms in total. The van der Waals surface area contributed by atoms with E-state index >= 15 is 0 Å². The van der Waals surface area contributed by atoms with E-state index in [9.17, 15) is 9.18 Å². The molecule has 1 aliphatic rings. The van der Waals surface area contributed by atoms with Crippen molar-refractivity contribution < 1.29 is 18.7 Å². The number of nitrogens with zero attached hydrogens (tertiary/aromatic N) is 2. The van der Waals surface area contributed by atoms with Crippen molar-refractivity contribution >= 4 is 23.5 Å². The highest BCUT2D eigenvalue weighted by Gasteiger charge is 2.26. The van der Waals surface area contributed by atoms with Crippen LogP contribution in [0, 0.1) is 12.7 Å². The Balaban J connectivity index is 1.83. The maximum Gasteiger partial charge on any atom is 0.254 e. The second-order valence-electron chi connectivity index (χ2n) is 7.10. The highest BCUT2D eigenvalue weighted by Crippen LogP contribution is 2.29. The van der Waals surface area contributed by atoms with Gasteiger partial charge in [-0.1, -0.05) is 19.1 Å². The highest BCUT2D eigenvalue weighted by atomic mass is 32.2. The number of nitrogens with one attached hydrogen (secondary N) is 1. The van der Waals surface area contributed by atoms with Crippen molar-refractivity contribution in [3.63, 3.8) is 0 Å². The number of methoxy groups -OCH3 is 1. The van der Waals surface area contributed by atoms with Gasteiger partial charge < -0.3 is 19.7 Å². The van der Waals surface area contributed by atoms with E-state index < -0.39 is 0 Å². The third-order valence-electron chi connectivity index (χ3n) is 4.93. The van der Waals surface area contributed by atoms with Gasteiger partial charge in [-0.25, -0.2) is 9.37 Å². The summed E-state index contributed by atoms with van der Waals surface area (Å²) >= 11 is 1.55. The number of pyridine rings is 1. The number of halogens is 1. The molecule has 3 rings (SSSR count). The van der Waals surface area contributed by atoms with E-state index in [1.165, 1.54) is 12.1 Å². The zero-order valence-electron chi connectivity index (χ0n) is 17.6. The Morgan fingerprint density at radius 2 is 2.17 bits per heavy atom. The third kappa shape index (κ3) is 5.50. The summed E-state index contributed by atoms with van der Waals surface area (Å²) in [5.74, 6) is 1.17. The molecule has 8 heteroatoms. The predicted molar refractivity (Wildman–Crippen MR) is 117 cm³/mol. The van der Waals surface area contributed by atoms with Gasteiger partial charge in [-0.2, -0.15) is 0 Å². The molecule has 1 aromatic carbocycles. The molecule has 2 heterocycles. The van der Waals surface area contributed by atoms with Gasteiger partial charge in [0.2, 0.25) is 0 Å². The van der Waals surface area contributed by atoms with Crippen molar-refractivity contribution in [2.75, 3.05) is 44.1 Å². The summed E-state index contributed by atoms with van der Waals surface area (Å²) in [7, 11) is 1.68. The molecule has 30 heavy (non-hydrogen) atoms. The van der Waals surface area contributed by atoms with Crippen LogP contribution in [0.15, 0.2) is 35.4 Å². The van der Waals surface area contributed by atoms with Crippen molar-refractivity contribution in [1.82, 2.24) is 10.3 Å². The SMILES string of the molecule is CCSc1nc(N2CCOC[C@@H]2COC)cc(C)c1C(=O)NCc1ccc(F)cc1. The van der Waals surface area contributed by atoms with Crippen molar-refractivity contribution in [3.05, 3.63) is 52.8 Å². The molecule has 0 radical (unpaired) electrons. The zero-order chi connectivity index (χ0) is 21.5. The van der Waals surface area contributed by atoms with E-state index in [4.69, 9.17) is 14.5 Å². The number of hydrogen-bond acceptors (Lipinski definition) is 6. The molecule has 1 aromatic heterocycles. The summed E-state index contributed by atoms with van der Waals surface area (Å²) in [5, 5.41) is 3.65. The van der Waals surface area contributed by atoms with Crippen LogP contribution in [0.5, 0.6) is 0 Å². The van der Waals surface area contributed by atoms with Crippen LogP contribution in [0.25, 0.3) is 0 Å². The minimum absolute atomic E-state index is 0.0910. The van der Waals surface area contributed by atoms with Gasteiger partial charge in [-0.05, 0) is 42.0 Å². The molecule has 162 valence electrons. The maximum atomic E-state index is 13.1. The van der Waals surface area contributed by atoms with Gasteiger partial charge in [0.05, 0.1) is 31.4 Å². The number of morpholine rings is 1. The average molecular weight is 434 g/mol. The number of benzene rings is 1. The molecule has 1 amide bonds. The summed E-state index contributed by atoms with van der Waals surface area (Å²) in [6.07, 6.45) is 0. The lowest BCUT2D eigenvalue weighted by molar-refractivity contribution is 0.0597. The van der Waals surface area contributed by atoms with Crippen LogP contribution >= 0.6 is 11.8 Å². The lowest BCUT2D eigenvalue weighted by Gasteiger charge is -2.36. The van der Waals surface area contributed by atoms with E-state index in [-0.39, 0.29) is 17.8 Å². The van der Waals surface area contributed by atoms with Crippen LogP contribution in [-0.2, 0) is 16.0 Å². The van der Waals surface area contributed by atoms with Crippen molar-refractivity contribution in [2.24, 2.45) is 0 Å². The third-order valence-corrected chi connectivity index (χ3v) is 5.78. The van der Waals surface area contributed by atoms with Gasteiger partial charge in [0, 0.05) is 20.2 Å². The molecule has 1 N–H and O–H groups in total. The normalized spacial score (nSPS) is 16.5. The quantitative estimate of drug-likeness (QED) is 0.644. The first-order valence-electron chi connectivity index (χ1n) is 10.0. The zero-order valence-corrected chi connectivity index (χ0v) is 18.4. The number of carbonyl (C=O) groups excluding carboxylic acids is 1. The Bertz CT molecular complexity index is 861. The Hall–Kier alpha value is -2.16. The van der Waals surface area contributed by atoms with Crippen LogP contribution < -0.4 is 10.2 Å². The van der Waals surface area contributed by atoms with Crippen molar-refractivity contribution in [1.29, 1.82) is 0 Å². The van der Waals surface area contributed by atoms with Crippen LogP contribution in [0.2, 0.25) is 0 Å². The first kappa shape index (κ1) is 22.5. The predicted octanol–water partition coefficient (Wildman–Crippen LogP) is 3.42. The molecule has 1 atom stereocenters. The summed E-state index contributed by atoms with van der Waals surface area (Å²) in [4.78, 5) is 20.0. The molecule has 0 saturated carbocycles. The molecule has 1 saturated heterocycles. The molecule has 0 spiro atoms. The van der Waals surface area contributed by atoms with Crippen LogP contribution in [0.3, 0.4) is 0 Å².